The molecule has 0 atom stereocenters. The third-order valence-electron chi connectivity index (χ3n) is 3.54. The summed E-state index contributed by atoms with van der Waals surface area (Å²) in [4.78, 5) is 12.1. The number of halogens is 3. The van der Waals surface area contributed by atoms with E-state index in [-0.39, 0.29) is 30.6 Å². The summed E-state index contributed by atoms with van der Waals surface area (Å²) in [7, 11) is 0. The monoisotopic (exact) mass is 393 g/mol. The van der Waals surface area contributed by atoms with Crippen molar-refractivity contribution in [3.63, 3.8) is 0 Å². The zero-order chi connectivity index (χ0) is 18.5. The highest BCUT2D eigenvalue weighted by atomic mass is 35.5. The van der Waals surface area contributed by atoms with E-state index >= 15 is 0 Å². The van der Waals surface area contributed by atoms with Gasteiger partial charge >= 0.3 is 0 Å². The van der Waals surface area contributed by atoms with E-state index in [9.17, 15) is 9.18 Å². The molecule has 3 rings (SSSR count). The zero-order valence-electron chi connectivity index (χ0n) is 13.5. The van der Waals surface area contributed by atoms with Gasteiger partial charge in [0.1, 0.15) is 29.0 Å². The molecule has 0 aliphatic carbocycles. The van der Waals surface area contributed by atoms with Crippen molar-refractivity contribution in [2.45, 2.75) is 13.2 Å². The van der Waals surface area contributed by atoms with Gasteiger partial charge in [0.05, 0.1) is 5.02 Å². The van der Waals surface area contributed by atoms with Gasteiger partial charge in [-0.15, -0.1) is 0 Å². The predicted molar refractivity (Wildman–Crippen MR) is 97.1 cm³/mol. The molecule has 0 bridgehead atoms. The lowest BCUT2D eigenvalue weighted by Gasteiger charge is -2.07. The van der Waals surface area contributed by atoms with Crippen LogP contribution in [-0.2, 0) is 13.2 Å². The molecule has 1 aromatic heterocycles. The van der Waals surface area contributed by atoms with E-state index in [0.717, 1.165) is 5.56 Å². The normalized spacial score (nSPS) is 10.6. The largest absolute Gasteiger partial charge is 0.484 e. The molecule has 7 heteroatoms. The van der Waals surface area contributed by atoms with Crippen LogP contribution in [0.3, 0.4) is 0 Å². The van der Waals surface area contributed by atoms with Crippen molar-refractivity contribution < 1.29 is 18.3 Å². The van der Waals surface area contributed by atoms with E-state index in [1.54, 1.807) is 42.5 Å². The van der Waals surface area contributed by atoms with Crippen LogP contribution in [0.15, 0.2) is 59.0 Å². The van der Waals surface area contributed by atoms with Gasteiger partial charge in [-0.3, -0.25) is 4.79 Å². The Morgan fingerprint density at radius 3 is 2.62 bits per heavy atom. The molecule has 0 aliphatic rings. The van der Waals surface area contributed by atoms with Gasteiger partial charge in [0, 0.05) is 6.54 Å². The molecule has 1 heterocycles. The molecular formula is C19H14Cl2FNO3. The van der Waals surface area contributed by atoms with Crippen molar-refractivity contribution in [1.82, 2.24) is 5.32 Å². The summed E-state index contributed by atoms with van der Waals surface area (Å²) in [5, 5.41) is 3.41. The van der Waals surface area contributed by atoms with Gasteiger partial charge in [-0.25, -0.2) is 4.39 Å². The molecule has 1 N–H and O–H groups in total. The van der Waals surface area contributed by atoms with Crippen molar-refractivity contribution in [3.05, 3.63) is 87.5 Å². The number of hydrogen-bond acceptors (Lipinski definition) is 3. The molecule has 0 saturated carbocycles. The highest BCUT2D eigenvalue weighted by Crippen LogP contribution is 2.32. The first-order valence-corrected chi connectivity index (χ1v) is 8.46. The minimum Gasteiger partial charge on any atom is -0.484 e. The molecule has 3 aromatic rings. The Kier molecular flexibility index (Phi) is 5.81. The topological polar surface area (TPSA) is 51.5 Å². The number of carbonyl (C=O) groups is 1. The summed E-state index contributed by atoms with van der Waals surface area (Å²) in [6.45, 7) is 0.370. The fraction of sp³-hybridized carbons (Fsp3) is 0.105. The minimum atomic E-state index is -0.374. The SMILES string of the molecule is O=C(NCc1ccc(F)cc1)c1ccc(COc2cccc(Cl)c2Cl)o1. The van der Waals surface area contributed by atoms with Crippen molar-refractivity contribution in [2.24, 2.45) is 0 Å². The third-order valence-corrected chi connectivity index (χ3v) is 4.34. The number of carbonyl (C=O) groups excluding carboxylic acids is 1. The third kappa shape index (κ3) is 4.56. The van der Waals surface area contributed by atoms with E-state index in [1.165, 1.54) is 12.1 Å². The lowest BCUT2D eigenvalue weighted by molar-refractivity contribution is 0.0919. The summed E-state index contributed by atoms with van der Waals surface area (Å²) in [5.41, 5.74) is 0.783. The Hall–Kier alpha value is -2.50. The quantitative estimate of drug-likeness (QED) is 0.623. The summed E-state index contributed by atoms with van der Waals surface area (Å²) in [6, 6.07) is 14.2. The van der Waals surface area contributed by atoms with Crippen LogP contribution < -0.4 is 10.1 Å². The van der Waals surface area contributed by atoms with Gasteiger partial charge in [-0.2, -0.15) is 0 Å². The van der Waals surface area contributed by atoms with Crippen LogP contribution >= 0.6 is 23.2 Å². The van der Waals surface area contributed by atoms with Crippen LogP contribution in [-0.4, -0.2) is 5.91 Å². The molecule has 134 valence electrons. The van der Waals surface area contributed by atoms with Crippen molar-refractivity contribution >= 4 is 29.1 Å². The molecule has 2 aromatic carbocycles. The maximum Gasteiger partial charge on any atom is 0.287 e. The highest BCUT2D eigenvalue weighted by Gasteiger charge is 2.12. The Labute approximate surface area is 159 Å². The Bertz CT molecular complexity index is 909. The molecule has 26 heavy (non-hydrogen) atoms. The Balaban J connectivity index is 1.56. The van der Waals surface area contributed by atoms with Crippen LogP contribution in [0.2, 0.25) is 10.0 Å². The molecule has 0 unspecified atom stereocenters. The van der Waals surface area contributed by atoms with Crippen molar-refractivity contribution in [3.8, 4) is 5.75 Å². The van der Waals surface area contributed by atoms with E-state index in [1.807, 2.05) is 0 Å². The van der Waals surface area contributed by atoms with E-state index in [2.05, 4.69) is 5.32 Å². The van der Waals surface area contributed by atoms with Crippen LogP contribution in [0.5, 0.6) is 5.75 Å². The number of benzene rings is 2. The molecule has 1 amide bonds. The minimum absolute atomic E-state index is 0.102. The average molecular weight is 394 g/mol. The highest BCUT2D eigenvalue weighted by molar-refractivity contribution is 6.42. The van der Waals surface area contributed by atoms with Crippen LogP contribution in [0, 0.1) is 5.82 Å². The fourth-order valence-electron chi connectivity index (χ4n) is 2.19. The first kappa shape index (κ1) is 18.3. The number of hydrogen-bond donors (Lipinski definition) is 1. The second-order valence-electron chi connectivity index (χ2n) is 5.42. The smallest absolute Gasteiger partial charge is 0.287 e. The summed E-state index contributed by atoms with van der Waals surface area (Å²) >= 11 is 12.0. The molecule has 0 saturated heterocycles. The maximum atomic E-state index is 12.9. The van der Waals surface area contributed by atoms with Gasteiger partial charge < -0.3 is 14.5 Å². The number of furan rings is 1. The van der Waals surface area contributed by atoms with Crippen molar-refractivity contribution in [2.75, 3.05) is 0 Å². The van der Waals surface area contributed by atoms with Crippen LogP contribution in [0.4, 0.5) is 4.39 Å². The first-order chi connectivity index (χ1) is 12.5. The summed E-state index contributed by atoms with van der Waals surface area (Å²) in [5.74, 6) is 0.352. The van der Waals surface area contributed by atoms with Crippen LogP contribution in [0.25, 0.3) is 0 Å². The lowest BCUT2D eigenvalue weighted by Crippen LogP contribution is -2.22. The Morgan fingerprint density at radius 1 is 1.08 bits per heavy atom. The molecule has 0 fully saturated rings. The Morgan fingerprint density at radius 2 is 1.85 bits per heavy atom. The molecule has 0 spiro atoms. The standard InChI is InChI=1S/C19H14Cl2FNO3/c20-15-2-1-3-16(18(15)21)25-11-14-8-9-17(26-14)19(24)23-10-12-4-6-13(22)7-5-12/h1-9H,10-11H2,(H,23,24). The first-order valence-electron chi connectivity index (χ1n) is 7.71. The number of ether oxygens (including phenoxy) is 1. The number of amides is 1. The second-order valence-corrected chi connectivity index (χ2v) is 6.20. The molecule has 4 nitrogen and oxygen atoms in total. The van der Waals surface area contributed by atoms with Gasteiger partial charge in [0.25, 0.3) is 5.91 Å². The zero-order valence-corrected chi connectivity index (χ0v) is 15.0. The molecule has 0 radical (unpaired) electrons. The van der Waals surface area contributed by atoms with E-state index in [0.29, 0.717) is 21.6 Å². The van der Waals surface area contributed by atoms with Gasteiger partial charge in [0.2, 0.25) is 0 Å². The lowest BCUT2D eigenvalue weighted by atomic mass is 10.2. The number of rotatable bonds is 6. The van der Waals surface area contributed by atoms with Gasteiger partial charge in [-0.05, 0) is 42.0 Å². The van der Waals surface area contributed by atoms with E-state index < -0.39 is 0 Å². The van der Waals surface area contributed by atoms with Gasteiger partial charge in [0.15, 0.2) is 5.76 Å². The van der Waals surface area contributed by atoms with Crippen molar-refractivity contribution in [1.29, 1.82) is 0 Å². The van der Waals surface area contributed by atoms with Gasteiger partial charge in [-0.1, -0.05) is 41.4 Å². The maximum absolute atomic E-state index is 12.9. The van der Waals surface area contributed by atoms with E-state index in [4.69, 9.17) is 32.4 Å². The predicted octanol–water partition coefficient (Wildman–Crippen LogP) is 5.23. The fourth-order valence-corrected chi connectivity index (χ4v) is 2.54. The second kappa shape index (κ2) is 8.25. The number of nitrogens with one attached hydrogen (secondary N) is 1. The molecular weight excluding hydrogens is 380 g/mol. The molecule has 0 aliphatic heterocycles. The van der Waals surface area contributed by atoms with Crippen LogP contribution in [0.1, 0.15) is 21.9 Å². The average Bonchev–Trinajstić information content (AvgIpc) is 3.11. The summed E-state index contributed by atoms with van der Waals surface area (Å²) < 4.78 is 23.9. The summed E-state index contributed by atoms with van der Waals surface area (Å²) in [6.07, 6.45) is 0.